The topological polar surface area (TPSA) is 67.2 Å². The van der Waals surface area contributed by atoms with Gasteiger partial charge in [-0.25, -0.2) is 13.4 Å². The van der Waals surface area contributed by atoms with E-state index in [0.717, 1.165) is 30.6 Å². The minimum atomic E-state index is -3.54. The molecule has 2 aromatic rings. The highest BCUT2D eigenvalue weighted by Crippen LogP contribution is 2.39. The van der Waals surface area contributed by atoms with Crippen LogP contribution in [-0.2, 0) is 22.1 Å². The Bertz CT molecular complexity index is 964. The zero-order chi connectivity index (χ0) is 21.9. The van der Waals surface area contributed by atoms with E-state index in [2.05, 4.69) is 42.9 Å². The largest absolute Gasteiger partial charge is 0.360 e. The molecule has 0 amide bonds. The summed E-state index contributed by atoms with van der Waals surface area (Å²) in [5, 5.41) is 4.18. The van der Waals surface area contributed by atoms with Crippen LogP contribution in [0.3, 0.4) is 0 Å². The molecule has 1 fully saturated rings. The van der Waals surface area contributed by atoms with Gasteiger partial charge in [0.1, 0.15) is 0 Å². The van der Waals surface area contributed by atoms with Gasteiger partial charge in [-0.05, 0) is 50.4 Å². The Hall–Kier alpha value is -1.93. The van der Waals surface area contributed by atoms with Gasteiger partial charge in [-0.2, -0.15) is 0 Å². The van der Waals surface area contributed by atoms with Crippen molar-refractivity contribution in [3.05, 3.63) is 47.8 Å². The summed E-state index contributed by atoms with van der Waals surface area (Å²) >= 11 is 5.63. The molecule has 1 aliphatic rings. The van der Waals surface area contributed by atoms with Gasteiger partial charge in [-0.1, -0.05) is 44.2 Å². The Morgan fingerprint density at radius 3 is 2.47 bits per heavy atom. The molecule has 8 heteroatoms. The zero-order valence-corrected chi connectivity index (χ0v) is 19.8. The van der Waals surface area contributed by atoms with Crippen molar-refractivity contribution in [3.8, 4) is 0 Å². The first-order valence-corrected chi connectivity index (χ1v) is 12.6. The molecule has 0 unspecified atom stereocenters. The van der Waals surface area contributed by atoms with Crippen LogP contribution in [0.25, 0.3) is 0 Å². The number of aromatic nitrogens is 2. The third-order valence-corrected chi connectivity index (χ3v) is 6.81. The SMILES string of the molecule is CC(C)CN(Cc1cnc(S(=O)(=O)Cc2ccccc2)n1C1CC1)C(=S)NC(C)C. The van der Waals surface area contributed by atoms with Crippen LogP contribution in [0.2, 0.25) is 0 Å². The van der Waals surface area contributed by atoms with Gasteiger partial charge in [-0.3, -0.25) is 0 Å². The molecule has 1 saturated carbocycles. The maximum Gasteiger partial charge on any atom is 0.228 e. The van der Waals surface area contributed by atoms with Gasteiger partial charge in [-0.15, -0.1) is 0 Å². The number of sulfone groups is 1. The Balaban J connectivity index is 1.89. The Kier molecular flexibility index (Phi) is 7.18. The summed E-state index contributed by atoms with van der Waals surface area (Å²) in [4.78, 5) is 6.50. The first kappa shape index (κ1) is 22.7. The molecule has 1 N–H and O–H groups in total. The van der Waals surface area contributed by atoms with Crippen molar-refractivity contribution in [2.75, 3.05) is 6.54 Å². The Labute approximate surface area is 185 Å². The third kappa shape index (κ3) is 5.82. The summed E-state index contributed by atoms with van der Waals surface area (Å²) < 4.78 is 28.3. The second-order valence-electron chi connectivity index (χ2n) is 8.76. The van der Waals surface area contributed by atoms with E-state index in [1.54, 1.807) is 6.20 Å². The molecule has 1 heterocycles. The Morgan fingerprint density at radius 1 is 1.23 bits per heavy atom. The number of hydrogen-bond acceptors (Lipinski definition) is 4. The molecule has 0 radical (unpaired) electrons. The van der Waals surface area contributed by atoms with E-state index in [4.69, 9.17) is 12.2 Å². The van der Waals surface area contributed by atoms with Crippen LogP contribution in [0.15, 0.2) is 41.7 Å². The summed E-state index contributed by atoms with van der Waals surface area (Å²) in [5.74, 6) is 0.385. The molecule has 0 bridgehead atoms. The van der Waals surface area contributed by atoms with Gasteiger partial charge in [0.15, 0.2) is 5.11 Å². The molecular weight excluding hydrogens is 416 g/mol. The highest BCUT2D eigenvalue weighted by atomic mass is 32.2. The fraction of sp³-hybridized carbons (Fsp3) is 0.545. The van der Waals surface area contributed by atoms with E-state index in [-0.39, 0.29) is 23.0 Å². The fourth-order valence-corrected chi connectivity index (χ4v) is 5.41. The molecule has 1 aliphatic carbocycles. The molecule has 1 aromatic carbocycles. The predicted molar refractivity (Wildman–Crippen MR) is 124 cm³/mol. The fourth-order valence-electron chi connectivity index (χ4n) is 3.50. The van der Waals surface area contributed by atoms with Crippen molar-refractivity contribution >= 4 is 27.2 Å². The van der Waals surface area contributed by atoms with Gasteiger partial charge in [0.2, 0.25) is 15.0 Å². The van der Waals surface area contributed by atoms with E-state index >= 15 is 0 Å². The lowest BCUT2D eigenvalue weighted by molar-refractivity contribution is 0.341. The molecule has 0 aliphatic heterocycles. The summed E-state index contributed by atoms with van der Waals surface area (Å²) in [6.07, 6.45) is 3.67. The zero-order valence-electron chi connectivity index (χ0n) is 18.2. The number of hydrogen-bond donors (Lipinski definition) is 1. The van der Waals surface area contributed by atoms with Gasteiger partial charge in [0.25, 0.3) is 0 Å². The van der Waals surface area contributed by atoms with Crippen molar-refractivity contribution in [1.82, 2.24) is 19.8 Å². The standard InChI is InChI=1S/C22H32N4O2S2/c1-16(2)13-25(21(29)24-17(3)4)14-20-12-23-22(26(20)19-10-11-19)30(27,28)15-18-8-6-5-7-9-18/h5-9,12,16-17,19H,10-11,13-15H2,1-4H3,(H,24,29). The molecule has 0 spiro atoms. The summed E-state index contributed by atoms with van der Waals surface area (Å²) in [6, 6.07) is 9.72. The van der Waals surface area contributed by atoms with Crippen molar-refractivity contribution in [2.24, 2.45) is 5.92 Å². The van der Waals surface area contributed by atoms with Crippen LogP contribution < -0.4 is 5.32 Å². The number of benzene rings is 1. The quantitative estimate of drug-likeness (QED) is 0.586. The van der Waals surface area contributed by atoms with Crippen molar-refractivity contribution in [3.63, 3.8) is 0 Å². The maximum absolute atomic E-state index is 13.2. The summed E-state index contributed by atoms with van der Waals surface area (Å²) in [5.41, 5.74) is 1.67. The van der Waals surface area contributed by atoms with E-state index in [1.807, 2.05) is 34.9 Å². The first-order valence-electron chi connectivity index (χ1n) is 10.6. The number of nitrogens with zero attached hydrogens (tertiary/aromatic N) is 3. The average molecular weight is 449 g/mol. The second-order valence-corrected chi connectivity index (χ2v) is 11.0. The van der Waals surface area contributed by atoms with E-state index < -0.39 is 9.84 Å². The van der Waals surface area contributed by atoms with Crippen LogP contribution in [0, 0.1) is 5.92 Å². The minimum absolute atomic E-state index is 0.0416. The number of rotatable bonds is 9. The van der Waals surface area contributed by atoms with E-state index in [1.165, 1.54) is 0 Å². The monoisotopic (exact) mass is 448 g/mol. The summed E-state index contributed by atoms with van der Waals surface area (Å²) in [7, 11) is -3.54. The molecule has 1 aromatic heterocycles. The molecule has 3 rings (SSSR count). The highest BCUT2D eigenvalue weighted by molar-refractivity contribution is 7.90. The number of nitrogens with one attached hydrogen (secondary N) is 1. The van der Waals surface area contributed by atoms with Crippen molar-refractivity contribution in [1.29, 1.82) is 0 Å². The lowest BCUT2D eigenvalue weighted by Crippen LogP contribution is -2.44. The molecule has 30 heavy (non-hydrogen) atoms. The van der Waals surface area contributed by atoms with Crippen molar-refractivity contribution in [2.45, 2.75) is 70.1 Å². The molecule has 6 nitrogen and oxygen atoms in total. The van der Waals surface area contributed by atoms with Gasteiger partial charge < -0.3 is 14.8 Å². The lowest BCUT2D eigenvalue weighted by Gasteiger charge is -2.29. The normalized spacial score (nSPS) is 14.3. The minimum Gasteiger partial charge on any atom is -0.360 e. The molecule has 164 valence electrons. The van der Waals surface area contributed by atoms with Crippen LogP contribution >= 0.6 is 12.2 Å². The smallest absolute Gasteiger partial charge is 0.228 e. The second kappa shape index (κ2) is 9.47. The average Bonchev–Trinajstić information content (AvgIpc) is 3.40. The molecular formula is C22H32N4O2S2. The van der Waals surface area contributed by atoms with Crippen molar-refractivity contribution < 1.29 is 8.42 Å². The predicted octanol–water partition coefficient (Wildman–Crippen LogP) is 3.93. The van der Waals surface area contributed by atoms with Gasteiger partial charge in [0.05, 0.1) is 24.2 Å². The third-order valence-electron chi connectivity index (χ3n) is 4.87. The van der Waals surface area contributed by atoms with E-state index in [0.29, 0.717) is 17.6 Å². The van der Waals surface area contributed by atoms with Crippen LogP contribution in [-0.4, -0.2) is 40.6 Å². The Morgan fingerprint density at radius 2 is 1.90 bits per heavy atom. The van der Waals surface area contributed by atoms with Crippen LogP contribution in [0.4, 0.5) is 0 Å². The maximum atomic E-state index is 13.2. The highest BCUT2D eigenvalue weighted by Gasteiger charge is 2.34. The van der Waals surface area contributed by atoms with Gasteiger partial charge >= 0.3 is 0 Å². The van der Waals surface area contributed by atoms with Crippen LogP contribution in [0.5, 0.6) is 0 Å². The number of imidazole rings is 1. The van der Waals surface area contributed by atoms with Crippen LogP contribution in [0.1, 0.15) is 57.8 Å². The van der Waals surface area contributed by atoms with E-state index in [9.17, 15) is 8.42 Å². The number of thiocarbonyl (C=S) groups is 1. The van der Waals surface area contributed by atoms with Gasteiger partial charge in [0, 0.05) is 18.6 Å². The summed E-state index contributed by atoms with van der Waals surface area (Å²) in [6.45, 7) is 9.75. The first-order chi connectivity index (χ1) is 14.2. The molecule has 0 saturated heterocycles. The molecule has 0 atom stereocenters. The lowest BCUT2D eigenvalue weighted by atomic mass is 10.2.